The number of nitrogens with one attached hydrogen (secondary N) is 1. The zero-order chi connectivity index (χ0) is 15.9. The number of ether oxygens (including phenoxy) is 2. The number of methoxy groups -OCH3 is 1. The number of rotatable bonds is 9. The van der Waals surface area contributed by atoms with Crippen molar-refractivity contribution >= 4 is 7.60 Å². The Morgan fingerprint density at radius 2 is 2.14 bits per heavy atom. The van der Waals surface area contributed by atoms with Crippen molar-refractivity contribution in [1.29, 1.82) is 0 Å². The zero-order valence-electron chi connectivity index (χ0n) is 11.9. The Labute approximate surface area is 121 Å². The lowest BCUT2D eigenvalue weighted by Gasteiger charge is -2.18. The van der Waals surface area contributed by atoms with Crippen LogP contribution in [0.5, 0.6) is 0 Å². The minimum Gasteiger partial charge on any atom is -0.382 e. The summed E-state index contributed by atoms with van der Waals surface area (Å²) >= 11 is 0. The van der Waals surface area contributed by atoms with Gasteiger partial charge >= 0.3 is 13.3 Å². The molecule has 1 heterocycles. The van der Waals surface area contributed by atoms with Gasteiger partial charge in [-0.3, -0.25) is 18.9 Å². The van der Waals surface area contributed by atoms with Crippen molar-refractivity contribution in [3.05, 3.63) is 33.1 Å². The van der Waals surface area contributed by atoms with Crippen LogP contribution in [-0.4, -0.2) is 54.1 Å². The number of nitrogens with zero attached hydrogens (tertiary/aromatic N) is 1. The molecular weight excluding hydrogens is 303 g/mol. The molecule has 0 amide bonds. The molecule has 2 N–H and O–H groups in total. The second-order valence-electron chi connectivity index (χ2n) is 4.35. The molecule has 9 nitrogen and oxygen atoms in total. The molecule has 0 fully saturated rings. The van der Waals surface area contributed by atoms with Gasteiger partial charge in [0.15, 0.2) is 0 Å². The van der Waals surface area contributed by atoms with E-state index in [-0.39, 0.29) is 26.4 Å². The van der Waals surface area contributed by atoms with E-state index < -0.39 is 24.9 Å². The van der Waals surface area contributed by atoms with Gasteiger partial charge in [0, 0.05) is 26.0 Å². The molecule has 10 heteroatoms. The monoisotopic (exact) mass is 322 g/mol. The Hall–Kier alpha value is -1.25. The number of aromatic nitrogens is 2. The normalized spacial score (nSPS) is 15.6. The van der Waals surface area contributed by atoms with Crippen molar-refractivity contribution in [2.45, 2.75) is 12.6 Å². The Bertz CT molecular complexity index is 591. The first-order chi connectivity index (χ1) is 9.81. The lowest BCUT2D eigenvalue weighted by atomic mass is 10.4. The molecule has 120 valence electrons. The van der Waals surface area contributed by atoms with E-state index in [4.69, 9.17) is 18.9 Å². The predicted octanol–water partition coefficient (Wildman–Crippen LogP) is -0.600. The van der Waals surface area contributed by atoms with Gasteiger partial charge in [0.1, 0.15) is 6.10 Å². The van der Waals surface area contributed by atoms with Crippen LogP contribution in [0.15, 0.2) is 21.9 Å². The van der Waals surface area contributed by atoms with E-state index in [1.165, 1.54) is 23.9 Å². The highest BCUT2D eigenvalue weighted by Crippen LogP contribution is 2.36. The standard InChI is InChI=1S/C11H19N2O7P/c1-18-7-9(8-20-21(2,16)17)19-6-5-13-4-3-10(14)12-11(13)15/h3-4,9H,5-8H2,1-2H3,(H,16,17)(H,12,14,15). The lowest BCUT2D eigenvalue weighted by molar-refractivity contribution is -0.0297. The smallest absolute Gasteiger partial charge is 0.328 e. The second kappa shape index (κ2) is 8.26. The average Bonchev–Trinajstić information content (AvgIpc) is 2.37. The Balaban J connectivity index is 2.47. The lowest BCUT2D eigenvalue weighted by Crippen LogP contribution is -2.31. The molecule has 0 aliphatic rings. The van der Waals surface area contributed by atoms with Gasteiger partial charge in [-0.1, -0.05) is 0 Å². The van der Waals surface area contributed by atoms with Gasteiger partial charge in [-0.25, -0.2) is 4.79 Å². The van der Waals surface area contributed by atoms with Crippen LogP contribution < -0.4 is 11.2 Å². The summed E-state index contributed by atoms with van der Waals surface area (Å²) in [5.74, 6) is 0. The number of H-pyrrole nitrogens is 1. The molecule has 0 aliphatic heterocycles. The topological polar surface area (TPSA) is 120 Å². The highest BCUT2D eigenvalue weighted by atomic mass is 31.2. The van der Waals surface area contributed by atoms with Crippen LogP contribution in [0, 0.1) is 0 Å². The molecule has 1 rings (SSSR count). The van der Waals surface area contributed by atoms with Crippen LogP contribution in [0.1, 0.15) is 0 Å². The van der Waals surface area contributed by atoms with Crippen LogP contribution >= 0.6 is 7.60 Å². The summed E-state index contributed by atoms with van der Waals surface area (Å²) in [7, 11) is -2.11. The van der Waals surface area contributed by atoms with Gasteiger partial charge in [-0.2, -0.15) is 0 Å². The average molecular weight is 322 g/mol. The second-order valence-corrected chi connectivity index (χ2v) is 6.21. The van der Waals surface area contributed by atoms with Gasteiger partial charge in [-0.05, 0) is 0 Å². The molecule has 0 bridgehead atoms. The van der Waals surface area contributed by atoms with Crippen LogP contribution in [0.4, 0.5) is 0 Å². The minimum atomic E-state index is -3.58. The maximum Gasteiger partial charge on any atom is 0.328 e. The van der Waals surface area contributed by atoms with Crippen molar-refractivity contribution in [2.24, 2.45) is 0 Å². The third-order valence-electron chi connectivity index (χ3n) is 2.44. The van der Waals surface area contributed by atoms with E-state index in [9.17, 15) is 14.2 Å². The predicted molar refractivity (Wildman–Crippen MR) is 74.6 cm³/mol. The van der Waals surface area contributed by atoms with Gasteiger partial charge in [-0.15, -0.1) is 0 Å². The fourth-order valence-corrected chi connectivity index (χ4v) is 1.93. The van der Waals surface area contributed by atoms with E-state index in [0.717, 1.165) is 6.66 Å². The summed E-state index contributed by atoms with van der Waals surface area (Å²) in [5, 5.41) is 0. The summed E-state index contributed by atoms with van der Waals surface area (Å²) in [5.41, 5.74) is -0.997. The van der Waals surface area contributed by atoms with Crippen molar-refractivity contribution in [2.75, 3.05) is 33.6 Å². The van der Waals surface area contributed by atoms with Gasteiger partial charge in [0.25, 0.3) is 5.56 Å². The summed E-state index contributed by atoms with van der Waals surface area (Å²) < 4.78 is 27.5. The minimum absolute atomic E-state index is 0.0986. The quantitative estimate of drug-likeness (QED) is 0.582. The first-order valence-corrected chi connectivity index (χ1v) is 8.19. The maximum absolute atomic E-state index is 11.4. The summed E-state index contributed by atoms with van der Waals surface area (Å²) in [6.45, 7) is 1.54. The highest BCUT2D eigenvalue weighted by molar-refractivity contribution is 7.51. The van der Waals surface area contributed by atoms with Gasteiger partial charge in [0.05, 0.1) is 26.4 Å². The molecule has 0 saturated carbocycles. The van der Waals surface area contributed by atoms with E-state index in [0.29, 0.717) is 0 Å². The maximum atomic E-state index is 11.4. The molecule has 2 unspecified atom stereocenters. The molecule has 2 atom stereocenters. The zero-order valence-corrected chi connectivity index (χ0v) is 12.7. The molecule has 0 spiro atoms. The number of hydrogen-bond acceptors (Lipinski definition) is 6. The van der Waals surface area contributed by atoms with Gasteiger partial charge in [0.2, 0.25) is 0 Å². The van der Waals surface area contributed by atoms with Crippen molar-refractivity contribution in [3.63, 3.8) is 0 Å². The number of aromatic amines is 1. The Morgan fingerprint density at radius 3 is 2.71 bits per heavy atom. The third-order valence-corrected chi connectivity index (χ3v) is 3.06. The molecule has 0 aliphatic carbocycles. The van der Waals surface area contributed by atoms with Crippen molar-refractivity contribution < 1.29 is 23.5 Å². The third kappa shape index (κ3) is 7.35. The Kier molecular flexibility index (Phi) is 7.00. The van der Waals surface area contributed by atoms with Crippen LogP contribution in [-0.2, 0) is 25.1 Å². The van der Waals surface area contributed by atoms with Gasteiger partial charge < -0.3 is 18.9 Å². The highest BCUT2D eigenvalue weighted by Gasteiger charge is 2.16. The molecule has 1 aromatic rings. The fourth-order valence-electron chi connectivity index (χ4n) is 1.49. The molecule has 0 radical (unpaired) electrons. The molecule has 0 aromatic carbocycles. The van der Waals surface area contributed by atoms with E-state index in [1.54, 1.807) is 0 Å². The summed E-state index contributed by atoms with van der Waals surface area (Å²) in [4.78, 5) is 33.5. The van der Waals surface area contributed by atoms with Crippen LogP contribution in [0.25, 0.3) is 0 Å². The largest absolute Gasteiger partial charge is 0.382 e. The fraction of sp³-hybridized carbons (Fsp3) is 0.636. The van der Waals surface area contributed by atoms with E-state index >= 15 is 0 Å². The Morgan fingerprint density at radius 1 is 1.43 bits per heavy atom. The van der Waals surface area contributed by atoms with Crippen molar-refractivity contribution in [1.82, 2.24) is 9.55 Å². The summed E-state index contributed by atoms with van der Waals surface area (Å²) in [6, 6.07) is 1.23. The SMILES string of the molecule is COCC(COP(C)(=O)O)OCCn1ccc(=O)[nH]c1=O. The first kappa shape index (κ1) is 17.8. The van der Waals surface area contributed by atoms with Crippen LogP contribution in [0.2, 0.25) is 0 Å². The van der Waals surface area contributed by atoms with Crippen LogP contribution in [0.3, 0.4) is 0 Å². The van der Waals surface area contributed by atoms with Crippen molar-refractivity contribution in [3.8, 4) is 0 Å². The number of hydrogen-bond donors (Lipinski definition) is 2. The van der Waals surface area contributed by atoms with E-state index in [2.05, 4.69) is 4.98 Å². The molecular formula is C11H19N2O7P. The van der Waals surface area contributed by atoms with E-state index in [1.807, 2.05) is 0 Å². The molecule has 1 aromatic heterocycles. The molecule has 21 heavy (non-hydrogen) atoms. The molecule has 0 saturated heterocycles. The first-order valence-electron chi connectivity index (χ1n) is 6.17. The summed E-state index contributed by atoms with van der Waals surface area (Å²) in [6.07, 6.45) is 0.828.